The molecule has 0 atom stereocenters. The molecule has 7 heteroatoms. The molecule has 0 spiro atoms. The molecule has 0 N–H and O–H groups in total. The Kier molecular flexibility index (Phi) is 5.90. The highest BCUT2D eigenvalue weighted by Gasteiger charge is 2.25. The Morgan fingerprint density at radius 1 is 1.39 bits per heavy atom. The normalized spacial score (nSPS) is 15.2. The van der Waals surface area contributed by atoms with Gasteiger partial charge in [-0.05, 0) is 25.8 Å². The topological polar surface area (TPSA) is 72.7 Å². The van der Waals surface area contributed by atoms with Crippen LogP contribution < -0.4 is 4.74 Å². The van der Waals surface area contributed by atoms with E-state index in [2.05, 4.69) is 0 Å². The zero-order valence-corrected chi connectivity index (χ0v) is 13.2. The van der Waals surface area contributed by atoms with Gasteiger partial charge in [0.15, 0.2) is 6.61 Å². The number of nitro benzene ring substituents is 1. The fourth-order valence-corrected chi connectivity index (χ4v) is 3.01. The molecule has 6 nitrogen and oxygen atoms in total. The van der Waals surface area contributed by atoms with Crippen LogP contribution in [0.25, 0.3) is 0 Å². The Morgan fingerprint density at radius 3 is 2.70 bits per heavy atom. The molecule has 1 aromatic rings. The first-order valence-electron chi connectivity index (χ1n) is 7.89. The average molecular weight is 324 g/mol. The molecule has 1 amide bonds. The van der Waals surface area contributed by atoms with Crippen LogP contribution in [0.15, 0.2) is 18.2 Å². The molecule has 0 saturated heterocycles. The lowest BCUT2D eigenvalue weighted by Gasteiger charge is -2.33. The molecular weight excluding hydrogens is 303 g/mol. The monoisotopic (exact) mass is 324 g/mol. The van der Waals surface area contributed by atoms with E-state index in [1.54, 1.807) is 4.90 Å². The average Bonchev–Trinajstić information content (AvgIpc) is 2.54. The van der Waals surface area contributed by atoms with Gasteiger partial charge in [0.2, 0.25) is 5.75 Å². The Morgan fingerprint density at radius 2 is 2.09 bits per heavy atom. The Hall–Kier alpha value is -2.18. The van der Waals surface area contributed by atoms with E-state index in [1.165, 1.54) is 6.42 Å². The molecule has 0 aromatic heterocycles. The summed E-state index contributed by atoms with van der Waals surface area (Å²) < 4.78 is 18.5. The van der Waals surface area contributed by atoms with Gasteiger partial charge in [0.25, 0.3) is 5.91 Å². The van der Waals surface area contributed by atoms with Crippen molar-refractivity contribution in [2.75, 3.05) is 13.2 Å². The van der Waals surface area contributed by atoms with Gasteiger partial charge in [0.1, 0.15) is 5.82 Å². The van der Waals surface area contributed by atoms with E-state index >= 15 is 0 Å². The minimum Gasteiger partial charge on any atom is -0.477 e. The van der Waals surface area contributed by atoms with E-state index in [1.807, 2.05) is 6.92 Å². The third kappa shape index (κ3) is 4.40. The Labute approximate surface area is 134 Å². The fraction of sp³-hybridized carbons (Fsp3) is 0.562. The van der Waals surface area contributed by atoms with Crippen molar-refractivity contribution in [2.45, 2.75) is 45.1 Å². The van der Waals surface area contributed by atoms with Crippen LogP contribution in [0.1, 0.15) is 39.0 Å². The molecule has 0 radical (unpaired) electrons. The summed E-state index contributed by atoms with van der Waals surface area (Å²) >= 11 is 0. The lowest BCUT2D eigenvalue weighted by Crippen LogP contribution is -2.43. The van der Waals surface area contributed by atoms with Crippen molar-refractivity contribution in [1.82, 2.24) is 4.90 Å². The summed E-state index contributed by atoms with van der Waals surface area (Å²) in [4.78, 5) is 24.4. The lowest BCUT2D eigenvalue weighted by molar-refractivity contribution is -0.385. The third-order valence-corrected chi connectivity index (χ3v) is 4.15. The van der Waals surface area contributed by atoms with E-state index in [9.17, 15) is 19.3 Å². The minimum atomic E-state index is -0.655. The summed E-state index contributed by atoms with van der Waals surface area (Å²) in [6, 6.07) is 3.16. The summed E-state index contributed by atoms with van der Waals surface area (Å²) in [5.74, 6) is -1.08. The van der Waals surface area contributed by atoms with Crippen molar-refractivity contribution in [3.63, 3.8) is 0 Å². The second-order valence-electron chi connectivity index (χ2n) is 5.63. The van der Waals surface area contributed by atoms with Gasteiger partial charge < -0.3 is 9.64 Å². The molecule has 1 aliphatic carbocycles. The van der Waals surface area contributed by atoms with Crippen LogP contribution in [0.4, 0.5) is 10.1 Å². The van der Waals surface area contributed by atoms with Crippen molar-refractivity contribution in [2.24, 2.45) is 0 Å². The van der Waals surface area contributed by atoms with Gasteiger partial charge in [-0.3, -0.25) is 14.9 Å². The van der Waals surface area contributed by atoms with Crippen molar-refractivity contribution in [3.05, 3.63) is 34.1 Å². The number of ether oxygens (including phenoxy) is 1. The molecule has 1 aliphatic rings. The number of amides is 1. The predicted molar refractivity (Wildman–Crippen MR) is 82.8 cm³/mol. The summed E-state index contributed by atoms with van der Waals surface area (Å²) in [5.41, 5.74) is -0.347. The SMILES string of the molecule is CCN(C(=O)COc1cc(F)ccc1[N+](=O)[O-])C1CCCCC1. The van der Waals surface area contributed by atoms with E-state index in [-0.39, 0.29) is 30.0 Å². The number of carbonyl (C=O) groups excluding carboxylic acids is 1. The van der Waals surface area contributed by atoms with Gasteiger partial charge in [-0.2, -0.15) is 0 Å². The highest BCUT2D eigenvalue weighted by molar-refractivity contribution is 5.78. The smallest absolute Gasteiger partial charge is 0.311 e. The van der Waals surface area contributed by atoms with Crippen molar-refractivity contribution in [1.29, 1.82) is 0 Å². The van der Waals surface area contributed by atoms with Crippen molar-refractivity contribution < 1.29 is 18.8 Å². The van der Waals surface area contributed by atoms with E-state index in [4.69, 9.17) is 4.74 Å². The maximum atomic E-state index is 13.3. The number of carbonyl (C=O) groups is 1. The number of rotatable bonds is 6. The Bertz CT molecular complexity index is 573. The lowest BCUT2D eigenvalue weighted by atomic mass is 9.94. The summed E-state index contributed by atoms with van der Waals surface area (Å²) in [5, 5.41) is 10.9. The van der Waals surface area contributed by atoms with Crippen LogP contribution in [-0.4, -0.2) is 34.9 Å². The van der Waals surface area contributed by atoms with Crippen LogP contribution in [0.5, 0.6) is 5.75 Å². The number of hydrogen-bond donors (Lipinski definition) is 0. The highest BCUT2D eigenvalue weighted by Crippen LogP contribution is 2.28. The fourth-order valence-electron chi connectivity index (χ4n) is 3.01. The predicted octanol–water partition coefficient (Wildman–Crippen LogP) is 3.29. The van der Waals surface area contributed by atoms with Crippen molar-refractivity contribution >= 4 is 11.6 Å². The largest absolute Gasteiger partial charge is 0.477 e. The van der Waals surface area contributed by atoms with Gasteiger partial charge in [0.05, 0.1) is 4.92 Å². The first-order valence-corrected chi connectivity index (χ1v) is 7.89. The van der Waals surface area contributed by atoms with Gasteiger partial charge in [-0.15, -0.1) is 0 Å². The molecule has 1 fully saturated rings. The quantitative estimate of drug-likeness (QED) is 0.594. The van der Waals surface area contributed by atoms with Gasteiger partial charge in [-0.25, -0.2) is 4.39 Å². The summed E-state index contributed by atoms with van der Waals surface area (Å²) in [6.45, 7) is 2.14. The minimum absolute atomic E-state index is 0.201. The molecule has 0 heterocycles. The number of nitro groups is 1. The second-order valence-corrected chi connectivity index (χ2v) is 5.63. The molecule has 0 unspecified atom stereocenters. The number of nitrogens with zero attached hydrogens (tertiary/aromatic N) is 2. The number of halogens is 1. The number of likely N-dealkylation sites (N-methyl/N-ethyl adjacent to an activating group) is 1. The zero-order valence-electron chi connectivity index (χ0n) is 13.2. The first kappa shape index (κ1) is 17.2. The van der Waals surface area contributed by atoms with E-state index in [0.29, 0.717) is 6.54 Å². The van der Waals surface area contributed by atoms with Crippen LogP contribution in [-0.2, 0) is 4.79 Å². The van der Waals surface area contributed by atoms with Crippen LogP contribution in [0.3, 0.4) is 0 Å². The molecule has 0 aliphatic heterocycles. The van der Waals surface area contributed by atoms with Crippen LogP contribution >= 0.6 is 0 Å². The van der Waals surface area contributed by atoms with Gasteiger partial charge in [0, 0.05) is 24.7 Å². The molecule has 1 saturated carbocycles. The van der Waals surface area contributed by atoms with Crippen LogP contribution in [0.2, 0.25) is 0 Å². The zero-order chi connectivity index (χ0) is 16.8. The number of benzene rings is 1. The van der Waals surface area contributed by atoms with Gasteiger partial charge in [-0.1, -0.05) is 19.3 Å². The van der Waals surface area contributed by atoms with E-state index < -0.39 is 10.7 Å². The third-order valence-electron chi connectivity index (χ3n) is 4.15. The van der Waals surface area contributed by atoms with Gasteiger partial charge >= 0.3 is 5.69 Å². The molecule has 23 heavy (non-hydrogen) atoms. The molecule has 0 bridgehead atoms. The number of hydrogen-bond acceptors (Lipinski definition) is 4. The molecule has 2 rings (SSSR count). The maximum Gasteiger partial charge on any atom is 0.311 e. The van der Waals surface area contributed by atoms with E-state index in [0.717, 1.165) is 43.9 Å². The van der Waals surface area contributed by atoms with Crippen molar-refractivity contribution in [3.8, 4) is 5.75 Å². The first-order chi connectivity index (χ1) is 11.0. The molecule has 1 aromatic carbocycles. The Balaban J connectivity index is 2.02. The highest BCUT2D eigenvalue weighted by atomic mass is 19.1. The second kappa shape index (κ2) is 7.89. The maximum absolute atomic E-state index is 13.3. The molecule has 126 valence electrons. The molecular formula is C16H21FN2O4. The summed E-state index contributed by atoms with van der Waals surface area (Å²) in [6.07, 6.45) is 5.34. The summed E-state index contributed by atoms with van der Waals surface area (Å²) in [7, 11) is 0. The van der Waals surface area contributed by atoms with Crippen LogP contribution in [0, 0.1) is 15.9 Å². The standard InChI is InChI=1S/C16H21FN2O4/c1-2-18(13-6-4-3-5-7-13)16(20)11-23-15-10-12(17)8-9-14(15)19(21)22/h8-10,13H,2-7,11H2,1H3.